The van der Waals surface area contributed by atoms with Crippen LogP contribution in [-0.4, -0.2) is 30.1 Å². The number of carbonyl (C=O) groups excluding carboxylic acids is 1. The minimum absolute atomic E-state index is 0.0757. The Labute approximate surface area is 103 Å². The lowest BCUT2D eigenvalue weighted by atomic mass is 10.2. The topological polar surface area (TPSA) is 75.6 Å². The Hall–Kier alpha value is -1.75. The maximum absolute atomic E-state index is 11.3. The first kappa shape index (κ1) is 13.3. The zero-order valence-corrected chi connectivity index (χ0v) is 10.1. The molecule has 0 aliphatic heterocycles. The minimum atomic E-state index is -1.16. The highest BCUT2D eigenvalue weighted by molar-refractivity contribution is 6.31. The molecule has 2 N–H and O–H groups in total. The molecule has 1 unspecified atom stereocenters. The molecule has 1 aromatic carbocycles. The fraction of sp³-hybridized carbons (Fsp3) is 0.273. The van der Waals surface area contributed by atoms with Gasteiger partial charge >= 0.3 is 5.97 Å². The van der Waals surface area contributed by atoms with E-state index in [1.165, 1.54) is 32.2 Å². The van der Waals surface area contributed by atoms with Crippen LogP contribution in [0.15, 0.2) is 18.2 Å². The molecule has 0 radical (unpaired) electrons. The number of halogens is 1. The van der Waals surface area contributed by atoms with Gasteiger partial charge in [-0.15, -0.1) is 0 Å². The van der Waals surface area contributed by atoms with Crippen LogP contribution in [0.25, 0.3) is 0 Å². The first-order valence-corrected chi connectivity index (χ1v) is 5.24. The molecular formula is C11H12ClNO4. The van der Waals surface area contributed by atoms with E-state index in [9.17, 15) is 9.59 Å². The van der Waals surface area contributed by atoms with Gasteiger partial charge in [0.05, 0.1) is 0 Å². The quantitative estimate of drug-likeness (QED) is 0.858. The fourth-order valence-corrected chi connectivity index (χ4v) is 1.39. The molecule has 1 amide bonds. The molecule has 0 fully saturated rings. The van der Waals surface area contributed by atoms with Crippen LogP contribution < -0.4 is 10.1 Å². The third kappa shape index (κ3) is 3.35. The van der Waals surface area contributed by atoms with Crippen LogP contribution in [0, 0.1) is 0 Å². The second-order valence-electron chi connectivity index (χ2n) is 3.32. The lowest BCUT2D eigenvalue weighted by Crippen LogP contribution is -2.34. The second kappa shape index (κ2) is 5.54. The Morgan fingerprint density at radius 3 is 2.65 bits per heavy atom. The van der Waals surface area contributed by atoms with E-state index in [0.29, 0.717) is 5.02 Å². The molecule has 6 heteroatoms. The van der Waals surface area contributed by atoms with E-state index in [-0.39, 0.29) is 17.2 Å². The molecule has 0 saturated heterocycles. The molecule has 0 heterocycles. The van der Waals surface area contributed by atoms with Crippen LogP contribution in [0.2, 0.25) is 5.02 Å². The molecule has 5 nitrogen and oxygen atoms in total. The van der Waals surface area contributed by atoms with Gasteiger partial charge in [-0.25, -0.2) is 4.79 Å². The molecule has 0 spiro atoms. The summed E-state index contributed by atoms with van der Waals surface area (Å²) in [5.41, 5.74) is -0.0757. The van der Waals surface area contributed by atoms with Crippen molar-refractivity contribution in [3.05, 3.63) is 28.8 Å². The largest absolute Gasteiger partial charge is 0.480 e. The number of amides is 1. The molecule has 17 heavy (non-hydrogen) atoms. The van der Waals surface area contributed by atoms with Gasteiger partial charge in [0.2, 0.25) is 0 Å². The first-order valence-electron chi connectivity index (χ1n) is 4.86. The number of hydrogen-bond donors (Lipinski definition) is 2. The summed E-state index contributed by atoms with van der Waals surface area (Å²) < 4.78 is 5.26. The van der Waals surface area contributed by atoms with Gasteiger partial charge in [-0.2, -0.15) is 0 Å². The first-order chi connectivity index (χ1) is 7.95. The number of rotatable bonds is 4. The summed E-state index contributed by atoms with van der Waals surface area (Å²) in [6.07, 6.45) is -0.778. The third-order valence-corrected chi connectivity index (χ3v) is 2.33. The maximum atomic E-state index is 11.3. The molecule has 0 saturated carbocycles. The summed E-state index contributed by atoms with van der Waals surface area (Å²) in [6, 6.07) is 4.20. The van der Waals surface area contributed by atoms with E-state index in [1.807, 2.05) is 0 Å². The van der Waals surface area contributed by atoms with E-state index in [0.717, 1.165) is 0 Å². The van der Waals surface area contributed by atoms with Crippen LogP contribution in [0.4, 0.5) is 0 Å². The predicted molar refractivity (Wildman–Crippen MR) is 62.6 cm³/mol. The van der Waals surface area contributed by atoms with Crippen LogP contribution >= 0.6 is 11.6 Å². The fourth-order valence-electron chi connectivity index (χ4n) is 1.22. The summed E-state index contributed by atoms with van der Waals surface area (Å²) in [7, 11) is 1.47. The van der Waals surface area contributed by atoms with E-state index >= 15 is 0 Å². The molecular weight excluding hydrogens is 246 g/mol. The van der Waals surface area contributed by atoms with E-state index < -0.39 is 12.1 Å². The van der Waals surface area contributed by atoms with Gasteiger partial charge in [-0.1, -0.05) is 11.6 Å². The van der Waals surface area contributed by atoms with Crippen LogP contribution in [0.3, 0.4) is 0 Å². The van der Waals surface area contributed by atoms with Gasteiger partial charge in [-0.05, 0) is 25.1 Å². The molecule has 0 bridgehead atoms. The Balaban J connectivity index is 2.98. The average molecular weight is 258 g/mol. The highest BCUT2D eigenvalue weighted by Crippen LogP contribution is 2.23. The molecule has 0 aliphatic rings. The highest BCUT2D eigenvalue weighted by atomic mass is 35.5. The van der Waals surface area contributed by atoms with Crippen LogP contribution in [-0.2, 0) is 4.79 Å². The molecule has 1 rings (SSSR count). The monoisotopic (exact) mass is 257 g/mol. The average Bonchev–Trinajstić information content (AvgIpc) is 2.29. The summed E-state index contributed by atoms with van der Waals surface area (Å²) in [5, 5.41) is 11.7. The van der Waals surface area contributed by atoms with Crippen LogP contribution in [0.5, 0.6) is 5.75 Å². The number of carbonyl (C=O) groups is 2. The van der Waals surface area contributed by atoms with Crippen molar-refractivity contribution in [2.75, 3.05) is 7.05 Å². The van der Waals surface area contributed by atoms with Crippen molar-refractivity contribution in [1.82, 2.24) is 5.32 Å². The number of hydrogen-bond acceptors (Lipinski definition) is 3. The number of carboxylic acids is 1. The predicted octanol–water partition coefficient (Wildman–Crippen LogP) is 1.55. The lowest BCUT2D eigenvalue weighted by Gasteiger charge is -2.14. The minimum Gasteiger partial charge on any atom is -0.480 e. The van der Waals surface area contributed by atoms with Crippen molar-refractivity contribution in [1.29, 1.82) is 0 Å². The molecule has 1 atom stereocenters. The standard InChI is InChI=1S/C11H12ClNO4/c1-6(10(14)13-2)17-9-4-3-7(12)5-8(9)11(15)16/h3-6H,1-2H3,(H,13,14)(H,15,16). The second-order valence-corrected chi connectivity index (χ2v) is 3.76. The molecule has 92 valence electrons. The molecule has 1 aromatic rings. The van der Waals surface area contributed by atoms with Crippen molar-refractivity contribution in [2.24, 2.45) is 0 Å². The number of carboxylic acid groups (broad SMARTS) is 1. The number of nitrogens with one attached hydrogen (secondary N) is 1. The normalized spacial score (nSPS) is 11.7. The van der Waals surface area contributed by atoms with Gasteiger partial charge < -0.3 is 15.2 Å². The highest BCUT2D eigenvalue weighted by Gasteiger charge is 2.18. The van der Waals surface area contributed by atoms with Crippen molar-refractivity contribution in [2.45, 2.75) is 13.0 Å². The Morgan fingerprint density at radius 1 is 1.47 bits per heavy atom. The van der Waals surface area contributed by atoms with Gasteiger partial charge in [0.25, 0.3) is 5.91 Å². The van der Waals surface area contributed by atoms with Crippen molar-refractivity contribution in [3.63, 3.8) is 0 Å². The van der Waals surface area contributed by atoms with Gasteiger partial charge in [0.15, 0.2) is 6.10 Å². The van der Waals surface area contributed by atoms with E-state index in [2.05, 4.69) is 5.32 Å². The summed E-state index contributed by atoms with van der Waals surface area (Å²) in [5.74, 6) is -1.39. The van der Waals surface area contributed by atoms with Crippen molar-refractivity contribution >= 4 is 23.5 Å². The number of aromatic carboxylic acids is 1. The Kier molecular flexibility index (Phi) is 4.34. The summed E-state index contributed by atoms with van der Waals surface area (Å²) in [6.45, 7) is 1.53. The Morgan fingerprint density at radius 2 is 2.12 bits per heavy atom. The molecule has 0 aromatic heterocycles. The SMILES string of the molecule is CNC(=O)C(C)Oc1ccc(Cl)cc1C(=O)O. The zero-order chi connectivity index (χ0) is 13.0. The smallest absolute Gasteiger partial charge is 0.339 e. The van der Waals surface area contributed by atoms with Crippen LogP contribution in [0.1, 0.15) is 17.3 Å². The van der Waals surface area contributed by atoms with Gasteiger partial charge in [0.1, 0.15) is 11.3 Å². The lowest BCUT2D eigenvalue weighted by molar-refractivity contribution is -0.126. The number of benzene rings is 1. The summed E-state index contributed by atoms with van der Waals surface area (Å²) in [4.78, 5) is 22.2. The summed E-state index contributed by atoms with van der Waals surface area (Å²) >= 11 is 5.69. The van der Waals surface area contributed by atoms with Gasteiger partial charge in [-0.3, -0.25) is 4.79 Å². The van der Waals surface area contributed by atoms with Crippen molar-refractivity contribution < 1.29 is 19.4 Å². The third-order valence-electron chi connectivity index (χ3n) is 2.09. The molecule has 0 aliphatic carbocycles. The van der Waals surface area contributed by atoms with Crippen molar-refractivity contribution in [3.8, 4) is 5.75 Å². The van der Waals surface area contributed by atoms with E-state index in [1.54, 1.807) is 0 Å². The zero-order valence-electron chi connectivity index (χ0n) is 9.36. The van der Waals surface area contributed by atoms with E-state index in [4.69, 9.17) is 21.4 Å². The Bertz CT molecular complexity index is 447. The maximum Gasteiger partial charge on any atom is 0.339 e. The number of likely N-dealkylation sites (N-methyl/N-ethyl adjacent to an activating group) is 1. The number of ether oxygens (including phenoxy) is 1. The van der Waals surface area contributed by atoms with Gasteiger partial charge in [0, 0.05) is 12.1 Å².